The molecule has 0 aliphatic carbocycles. The maximum absolute atomic E-state index is 12.5. The molecule has 2 aliphatic heterocycles. The zero-order valence-electron chi connectivity index (χ0n) is 15.0. The molecule has 1 N–H and O–H groups in total. The van der Waals surface area contributed by atoms with Gasteiger partial charge in [0.25, 0.3) is 0 Å². The van der Waals surface area contributed by atoms with Crippen molar-refractivity contribution in [2.75, 3.05) is 36.4 Å². The van der Waals surface area contributed by atoms with Crippen LogP contribution in [-0.4, -0.2) is 43.0 Å². The fourth-order valence-corrected chi connectivity index (χ4v) is 3.80. The monoisotopic (exact) mass is 329 g/mol. The van der Waals surface area contributed by atoms with Crippen LogP contribution in [0.3, 0.4) is 0 Å². The molecule has 2 heterocycles. The van der Waals surface area contributed by atoms with Crippen LogP contribution in [0.5, 0.6) is 0 Å². The highest BCUT2D eigenvalue weighted by atomic mass is 16.2. The van der Waals surface area contributed by atoms with Gasteiger partial charge in [-0.2, -0.15) is 0 Å². The Kier molecular flexibility index (Phi) is 6.13. The van der Waals surface area contributed by atoms with Crippen molar-refractivity contribution < 1.29 is 4.79 Å². The van der Waals surface area contributed by atoms with Gasteiger partial charge in [0, 0.05) is 24.5 Å². The number of nitrogens with one attached hydrogen (secondary N) is 1. The molecule has 0 radical (unpaired) electrons. The van der Waals surface area contributed by atoms with Crippen LogP contribution in [0.25, 0.3) is 0 Å². The van der Waals surface area contributed by atoms with E-state index in [1.807, 2.05) is 19.1 Å². The molecular weight excluding hydrogens is 298 g/mol. The molecule has 1 aromatic rings. The summed E-state index contributed by atoms with van der Waals surface area (Å²) in [5.41, 5.74) is 2.18. The molecule has 2 fully saturated rings. The number of rotatable bonds is 4. The maximum atomic E-state index is 12.5. The van der Waals surface area contributed by atoms with Crippen LogP contribution in [-0.2, 0) is 4.79 Å². The number of amides is 1. The van der Waals surface area contributed by atoms with E-state index in [9.17, 15) is 4.79 Å². The first kappa shape index (κ1) is 17.3. The molecule has 0 bridgehead atoms. The molecule has 0 aromatic heterocycles. The van der Waals surface area contributed by atoms with Gasteiger partial charge in [0.2, 0.25) is 5.91 Å². The normalized spacial score (nSPS) is 21.1. The highest BCUT2D eigenvalue weighted by Gasteiger charge is 2.22. The Morgan fingerprint density at radius 2 is 1.42 bits per heavy atom. The number of hydrogen-bond acceptors (Lipinski definition) is 3. The van der Waals surface area contributed by atoms with Crippen LogP contribution >= 0.6 is 0 Å². The molecule has 1 amide bonds. The highest BCUT2D eigenvalue weighted by molar-refractivity contribution is 5.94. The largest absolute Gasteiger partial charge is 0.372 e. The molecule has 4 heteroatoms. The first-order valence-corrected chi connectivity index (χ1v) is 9.64. The van der Waals surface area contributed by atoms with Gasteiger partial charge in [-0.15, -0.1) is 0 Å². The van der Waals surface area contributed by atoms with Crippen LogP contribution in [0.2, 0.25) is 0 Å². The van der Waals surface area contributed by atoms with E-state index in [4.69, 9.17) is 0 Å². The number of hydrogen-bond donors (Lipinski definition) is 1. The molecule has 0 unspecified atom stereocenters. The fourth-order valence-electron chi connectivity index (χ4n) is 3.80. The van der Waals surface area contributed by atoms with Crippen LogP contribution in [0.1, 0.15) is 51.9 Å². The van der Waals surface area contributed by atoms with Crippen molar-refractivity contribution in [2.45, 2.75) is 57.9 Å². The molecule has 1 atom stereocenters. The Bertz CT molecular complexity index is 514. The van der Waals surface area contributed by atoms with E-state index >= 15 is 0 Å². The summed E-state index contributed by atoms with van der Waals surface area (Å²) in [5, 5.41) is 3.09. The van der Waals surface area contributed by atoms with E-state index in [2.05, 4.69) is 27.2 Å². The third kappa shape index (κ3) is 4.50. The highest BCUT2D eigenvalue weighted by Crippen LogP contribution is 2.22. The van der Waals surface area contributed by atoms with Crippen molar-refractivity contribution in [2.24, 2.45) is 0 Å². The average Bonchev–Trinajstić information content (AvgIpc) is 2.92. The first-order valence-electron chi connectivity index (χ1n) is 9.64. The number of anilines is 2. The number of likely N-dealkylation sites (tertiary alicyclic amines) is 1. The lowest BCUT2D eigenvalue weighted by Crippen LogP contribution is -2.42. The Morgan fingerprint density at radius 3 is 2.04 bits per heavy atom. The summed E-state index contributed by atoms with van der Waals surface area (Å²) in [5.74, 6) is 0.114. The molecule has 2 aliphatic rings. The number of carbonyl (C=O) groups is 1. The van der Waals surface area contributed by atoms with Gasteiger partial charge in [0.15, 0.2) is 0 Å². The van der Waals surface area contributed by atoms with E-state index in [-0.39, 0.29) is 11.9 Å². The maximum Gasteiger partial charge on any atom is 0.241 e. The molecule has 0 saturated carbocycles. The molecule has 24 heavy (non-hydrogen) atoms. The van der Waals surface area contributed by atoms with Crippen molar-refractivity contribution in [1.29, 1.82) is 0 Å². The van der Waals surface area contributed by atoms with Crippen LogP contribution in [0, 0.1) is 0 Å². The van der Waals surface area contributed by atoms with Gasteiger partial charge in [-0.05, 0) is 76.4 Å². The second-order valence-corrected chi connectivity index (χ2v) is 7.21. The summed E-state index contributed by atoms with van der Waals surface area (Å²) in [4.78, 5) is 17.3. The van der Waals surface area contributed by atoms with E-state index in [1.165, 1.54) is 50.6 Å². The summed E-state index contributed by atoms with van der Waals surface area (Å²) in [6, 6.07) is 8.30. The zero-order chi connectivity index (χ0) is 16.8. The van der Waals surface area contributed by atoms with Gasteiger partial charge in [-0.25, -0.2) is 0 Å². The van der Waals surface area contributed by atoms with Gasteiger partial charge in [0.05, 0.1) is 6.04 Å². The van der Waals surface area contributed by atoms with Gasteiger partial charge < -0.3 is 10.2 Å². The summed E-state index contributed by atoms with van der Waals surface area (Å²) < 4.78 is 0. The Labute approximate surface area is 146 Å². The number of nitrogens with zero attached hydrogens (tertiary/aromatic N) is 2. The predicted octanol–water partition coefficient (Wildman–Crippen LogP) is 3.88. The topological polar surface area (TPSA) is 35.6 Å². The third-order valence-corrected chi connectivity index (χ3v) is 5.42. The molecule has 2 saturated heterocycles. The van der Waals surface area contributed by atoms with Crippen LogP contribution in [0.15, 0.2) is 24.3 Å². The molecule has 4 nitrogen and oxygen atoms in total. The van der Waals surface area contributed by atoms with Crippen LogP contribution < -0.4 is 10.2 Å². The van der Waals surface area contributed by atoms with Gasteiger partial charge in [-0.1, -0.05) is 12.8 Å². The number of carbonyl (C=O) groups excluding carboxylic acids is 1. The second kappa shape index (κ2) is 8.52. The number of benzene rings is 1. The molecular formula is C20H31N3O. The Morgan fingerprint density at radius 1 is 0.875 bits per heavy atom. The summed E-state index contributed by atoms with van der Waals surface area (Å²) >= 11 is 0. The lowest BCUT2D eigenvalue weighted by atomic mass is 10.1. The zero-order valence-corrected chi connectivity index (χ0v) is 15.0. The molecule has 0 spiro atoms. The lowest BCUT2D eigenvalue weighted by molar-refractivity contribution is -0.120. The summed E-state index contributed by atoms with van der Waals surface area (Å²) in [7, 11) is 0. The van der Waals surface area contributed by atoms with Gasteiger partial charge in [-0.3, -0.25) is 9.69 Å². The third-order valence-electron chi connectivity index (χ3n) is 5.42. The quantitative estimate of drug-likeness (QED) is 0.910. The van der Waals surface area contributed by atoms with E-state index < -0.39 is 0 Å². The molecule has 3 rings (SSSR count). The van der Waals surface area contributed by atoms with Crippen molar-refractivity contribution in [3.05, 3.63) is 24.3 Å². The minimum absolute atomic E-state index is 0.0510. The summed E-state index contributed by atoms with van der Waals surface area (Å²) in [6.45, 7) is 6.42. The summed E-state index contributed by atoms with van der Waals surface area (Å²) in [6.07, 6.45) is 8.92. The minimum Gasteiger partial charge on any atom is -0.372 e. The lowest BCUT2D eigenvalue weighted by Gasteiger charge is -2.29. The van der Waals surface area contributed by atoms with E-state index in [0.29, 0.717) is 0 Å². The van der Waals surface area contributed by atoms with Gasteiger partial charge >= 0.3 is 0 Å². The Hall–Kier alpha value is -1.55. The van der Waals surface area contributed by atoms with Crippen LogP contribution in [0.4, 0.5) is 11.4 Å². The van der Waals surface area contributed by atoms with Crippen molar-refractivity contribution in [3.63, 3.8) is 0 Å². The SMILES string of the molecule is C[C@H](C(=O)Nc1ccc(N2CCCCC2)cc1)N1CCCCCC1. The molecule has 1 aromatic carbocycles. The van der Waals surface area contributed by atoms with Gasteiger partial charge in [0.1, 0.15) is 0 Å². The first-order chi connectivity index (χ1) is 11.7. The Balaban J connectivity index is 1.55. The number of piperidine rings is 1. The van der Waals surface area contributed by atoms with Crippen molar-refractivity contribution in [3.8, 4) is 0 Å². The fraction of sp³-hybridized carbons (Fsp3) is 0.650. The second-order valence-electron chi connectivity index (χ2n) is 7.21. The van der Waals surface area contributed by atoms with E-state index in [1.54, 1.807) is 0 Å². The average molecular weight is 329 g/mol. The van der Waals surface area contributed by atoms with Crippen molar-refractivity contribution >= 4 is 17.3 Å². The van der Waals surface area contributed by atoms with Crippen molar-refractivity contribution in [1.82, 2.24) is 4.90 Å². The standard InChI is InChI=1S/C20H31N3O/c1-17(22-13-5-2-3-6-14-22)20(24)21-18-9-11-19(12-10-18)23-15-7-4-8-16-23/h9-12,17H,2-8,13-16H2,1H3,(H,21,24)/t17-/m1/s1. The molecule has 132 valence electrons. The smallest absolute Gasteiger partial charge is 0.241 e. The minimum atomic E-state index is -0.0510. The predicted molar refractivity (Wildman–Crippen MR) is 101 cm³/mol. The van der Waals surface area contributed by atoms with E-state index in [0.717, 1.165) is 31.9 Å².